The van der Waals surface area contributed by atoms with Crippen LogP contribution in [0, 0.1) is 0 Å². The van der Waals surface area contributed by atoms with E-state index in [1.165, 1.54) is 0 Å². The van der Waals surface area contributed by atoms with Gasteiger partial charge in [-0.15, -0.1) is 0 Å². The molecule has 0 aliphatic carbocycles. The van der Waals surface area contributed by atoms with Gasteiger partial charge in [0, 0.05) is 12.2 Å². The SMILES string of the molecule is C=Cc1cccnc1[C@H](C)NC. The molecule has 2 nitrogen and oxygen atoms in total. The van der Waals surface area contributed by atoms with E-state index >= 15 is 0 Å². The summed E-state index contributed by atoms with van der Waals surface area (Å²) in [5.74, 6) is 0. The van der Waals surface area contributed by atoms with Crippen molar-refractivity contribution in [1.29, 1.82) is 0 Å². The van der Waals surface area contributed by atoms with Gasteiger partial charge >= 0.3 is 0 Å². The van der Waals surface area contributed by atoms with Crippen molar-refractivity contribution in [3.05, 3.63) is 36.2 Å². The number of hydrogen-bond acceptors (Lipinski definition) is 2. The molecule has 0 aliphatic rings. The molecule has 1 aromatic rings. The Morgan fingerprint density at radius 2 is 2.42 bits per heavy atom. The number of nitrogens with one attached hydrogen (secondary N) is 1. The highest BCUT2D eigenvalue weighted by molar-refractivity contribution is 5.49. The Labute approximate surface area is 73.3 Å². The third-order valence-corrected chi connectivity index (χ3v) is 1.93. The summed E-state index contributed by atoms with van der Waals surface area (Å²) in [6.45, 7) is 5.82. The molecule has 1 rings (SSSR count). The second-order valence-corrected chi connectivity index (χ2v) is 2.69. The zero-order chi connectivity index (χ0) is 8.97. The second kappa shape index (κ2) is 4.02. The Balaban J connectivity index is 3.04. The minimum absolute atomic E-state index is 0.277. The Bertz CT molecular complexity index is 268. The van der Waals surface area contributed by atoms with Crippen molar-refractivity contribution in [2.75, 3.05) is 7.05 Å². The van der Waals surface area contributed by atoms with Crippen LogP contribution >= 0.6 is 0 Å². The van der Waals surface area contributed by atoms with Crippen molar-refractivity contribution < 1.29 is 0 Å². The molecule has 0 aliphatic heterocycles. The molecule has 12 heavy (non-hydrogen) atoms. The summed E-state index contributed by atoms with van der Waals surface area (Å²) in [4.78, 5) is 4.29. The van der Waals surface area contributed by atoms with Gasteiger partial charge in [-0.25, -0.2) is 0 Å². The lowest BCUT2D eigenvalue weighted by Crippen LogP contribution is -2.14. The van der Waals surface area contributed by atoms with Crippen LogP contribution in [-0.2, 0) is 0 Å². The van der Waals surface area contributed by atoms with Gasteiger partial charge in [-0.2, -0.15) is 0 Å². The van der Waals surface area contributed by atoms with Gasteiger partial charge in [0.15, 0.2) is 0 Å². The topological polar surface area (TPSA) is 24.9 Å². The Kier molecular flexibility index (Phi) is 3.00. The van der Waals surface area contributed by atoms with Crippen LogP contribution < -0.4 is 5.32 Å². The predicted octanol–water partition coefficient (Wildman–Crippen LogP) is 2.00. The highest BCUT2D eigenvalue weighted by atomic mass is 14.9. The van der Waals surface area contributed by atoms with E-state index < -0.39 is 0 Å². The lowest BCUT2D eigenvalue weighted by molar-refractivity contribution is 0.631. The van der Waals surface area contributed by atoms with Crippen LogP contribution in [0.15, 0.2) is 24.9 Å². The Morgan fingerprint density at radius 1 is 1.67 bits per heavy atom. The summed E-state index contributed by atoms with van der Waals surface area (Å²) in [5, 5.41) is 3.15. The molecule has 1 N–H and O–H groups in total. The molecular weight excluding hydrogens is 148 g/mol. The fraction of sp³-hybridized carbons (Fsp3) is 0.300. The number of rotatable bonds is 3. The van der Waals surface area contributed by atoms with Gasteiger partial charge in [0.2, 0.25) is 0 Å². The molecule has 2 heteroatoms. The molecule has 1 heterocycles. The maximum absolute atomic E-state index is 4.29. The average Bonchev–Trinajstić information content (AvgIpc) is 2.16. The molecule has 0 saturated carbocycles. The Morgan fingerprint density at radius 3 is 3.00 bits per heavy atom. The van der Waals surface area contributed by atoms with E-state index in [-0.39, 0.29) is 6.04 Å². The first-order valence-corrected chi connectivity index (χ1v) is 4.04. The van der Waals surface area contributed by atoms with Crippen molar-refractivity contribution in [3.8, 4) is 0 Å². The van der Waals surface area contributed by atoms with E-state index in [0.29, 0.717) is 0 Å². The van der Waals surface area contributed by atoms with Crippen molar-refractivity contribution in [2.45, 2.75) is 13.0 Å². The summed E-state index contributed by atoms with van der Waals surface area (Å²) in [6, 6.07) is 4.21. The van der Waals surface area contributed by atoms with Gasteiger partial charge in [-0.1, -0.05) is 18.7 Å². The molecule has 0 bridgehead atoms. The first-order valence-electron chi connectivity index (χ1n) is 4.04. The van der Waals surface area contributed by atoms with Crippen LogP contribution in [0.4, 0.5) is 0 Å². The zero-order valence-electron chi connectivity index (χ0n) is 7.54. The highest BCUT2D eigenvalue weighted by Crippen LogP contribution is 2.14. The zero-order valence-corrected chi connectivity index (χ0v) is 7.54. The van der Waals surface area contributed by atoms with E-state index in [1.54, 1.807) is 6.20 Å². The van der Waals surface area contributed by atoms with Gasteiger partial charge in [0.05, 0.1) is 5.69 Å². The molecule has 1 aromatic heterocycles. The van der Waals surface area contributed by atoms with Gasteiger partial charge in [-0.05, 0) is 25.6 Å². The van der Waals surface area contributed by atoms with Gasteiger partial charge in [0.25, 0.3) is 0 Å². The van der Waals surface area contributed by atoms with E-state index in [4.69, 9.17) is 0 Å². The normalized spacial score (nSPS) is 12.5. The third kappa shape index (κ3) is 1.71. The summed E-state index contributed by atoms with van der Waals surface area (Å²) >= 11 is 0. The van der Waals surface area contributed by atoms with Crippen molar-refractivity contribution in [2.24, 2.45) is 0 Å². The molecule has 0 saturated heterocycles. The maximum atomic E-state index is 4.29. The summed E-state index contributed by atoms with van der Waals surface area (Å²) < 4.78 is 0. The summed E-state index contributed by atoms with van der Waals surface area (Å²) in [6.07, 6.45) is 3.63. The first kappa shape index (κ1) is 8.94. The van der Waals surface area contributed by atoms with Crippen LogP contribution in [0.25, 0.3) is 6.08 Å². The number of hydrogen-bond donors (Lipinski definition) is 1. The highest BCUT2D eigenvalue weighted by Gasteiger charge is 2.06. The standard InChI is InChI=1S/C10H14N2/c1-4-9-6-5-7-12-10(9)8(2)11-3/h4-8,11H,1H2,2-3H3/t8-/m0/s1. The van der Waals surface area contributed by atoms with Gasteiger partial charge in [-0.3, -0.25) is 4.98 Å². The van der Waals surface area contributed by atoms with Crippen LogP contribution in [0.1, 0.15) is 24.2 Å². The van der Waals surface area contributed by atoms with Crippen molar-refractivity contribution in [1.82, 2.24) is 10.3 Å². The lowest BCUT2D eigenvalue weighted by Gasteiger charge is -2.11. The van der Waals surface area contributed by atoms with Crippen molar-refractivity contribution >= 4 is 6.08 Å². The molecule has 64 valence electrons. The second-order valence-electron chi connectivity index (χ2n) is 2.69. The average molecular weight is 162 g/mol. The molecule has 0 fully saturated rings. The fourth-order valence-electron chi connectivity index (χ4n) is 1.10. The maximum Gasteiger partial charge on any atom is 0.0642 e. The summed E-state index contributed by atoms with van der Waals surface area (Å²) in [5.41, 5.74) is 2.15. The molecule has 1 atom stereocenters. The predicted molar refractivity (Wildman–Crippen MR) is 51.8 cm³/mol. The van der Waals surface area contributed by atoms with Gasteiger partial charge in [0.1, 0.15) is 0 Å². The number of pyridine rings is 1. The Hall–Kier alpha value is -1.15. The molecular formula is C10H14N2. The van der Waals surface area contributed by atoms with E-state index in [1.807, 2.05) is 25.3 Å². The van der Waals surface area contributed by atoms with Crippen LogP contribution in [-0.4, -0.2) is 12.0 Å². The molecule has 0 aromatic carbocycles. The quantitative estimate of drug-likeness (QED) is 0.735. The largest absolute Gasteiger partial charge is 0.312 e. The minimum Gasteiger partial charge on any atom is -0.312 e. The van der Waals surface area contributed by atoms with E-state index in [0.717, 1.165) is 11.3 Å². The number of nitrogens with zero attached hydrogens (tertiary/aromatic N) is 1. The summed E-state index contributed by atoms with van der Waals surface area (Å²) in [7, 11) is 1.92. The van der Waals surface area contributed by atoms with Crippen LogP contribution in [0.2, 0.25) is 0 Å². The van der Waals surface area contributed by atoms with Gasteiger partial charge < -0.3 is 5.32 Å². The number of aromatic nitrogens is 1. The van der Waals surface area contributed by atoms with E-state index in [2.05, 4.69) is 23.8 Å². The van der Waals surface area contributed by atoms with E-state index in [9.17, 15) is 0 Å². The smallest absolute Gasteiger partial charge is 0.0642 e. The monoisotopic (exact) mass is 162 g/mol. The van der Waals surface area contributed by atoms with Crippen LogP contribution in [0.3, 0.4) is 0 Å². The van der Waals surface area contributed by atoms with Crippen molar-refractivity contribution in [3.63, 3.8) is 0 Å². The molecule has 0 unspecified atom stereocenters. The molecule has 0 spiro atoms. The third-order valence-electron chi connectivity index (χ3n) is 1.93. The van der Waals surface area contributed by atoms with Crippen LogP contribution in [0.5, 0.6) is 0 Å². The molecule has 0 radical (unpaired) electrons. The first-order chi connectivity index (χ1) is 5.79. The lowest BCUT2D eigenvalue weighted by atomic mass is 10.1. The molecule has 0 amide bonds. The minimum atomic E-state index is 0.277. The fourth-order valence-corrected chi connectivity index (χ4v) is 1.10.